The fourth-order valence-electron chi connectivity index (χ4n) is 4.19. The van der Waals surface area contributed by atoms with Gasteiger partial charge < -0.3 is 4.57 Å². The number of pyridine rings is 2. The highest BCUT2D eigenvalue weighted by molar-refractivity contribution is 6.03. The maximum atomic E-state index is 15.1. The predicted octanol–water partition coefficient (Wildman–Crippen LogP) is 5.61. The fraction of sp³-hybridized carbons (Fsp3) is 0.0357. The van der Waals surface area contributed by atoms with Crippen LogP contribution in [0.15, 0.2) is 91.6 Å². The van der Waals surface area contributed by atoms with Crippen LogP contribution in [0.2, 0.25) is 0 Å². The lowest BCUT2D eigenvalue weighted by Gasteiger charge is -2.11. The largest absolute Gasteiger partial charge is 0.321 e. The minimum Gasteiger partial charge on any atom is -0.321 e. The summed E-state index contributed by atoms with van der Waals surface area (Å²) in [5.74, 6) is 6.80. The molecular weight excluding hydrogens is 425 g/mol. The molecule has 0 N–H and O–H groups in total. The van der Waals surface area contributed by atoms with Crippen LogP contribution in [0.5, 0.6) is 0 Å². The first-order chi connectivity index (χ1) is 16.7. The molecule has 0 spiro atoms. The van der Waals surface area contributed by atoms with E-state index in [4.69, 9.17) is 4.98 Å². The van der Waals surface area contributed by atoms with Gasteiger partial charge in [0.05, 0.1) is 28.6 Å². The maximum Gasteiger partial charge on any atom is 0.149 e. The lowest BCUT2D eigenvalue weighted by Crippen LogP contribution is -2.01. The molecule has 0 bridgehead atoms. The third kappa shape index (κ3) is 3.40. The summed E-state index contributed by atoms with van der Waals surface area (Å²) in [6, 6.07) is 18.7. The van der Waals surface area contributed by atoms with Crippen molar-refractivity contribution in [3.63, 3.8) is 0 Å². The monoisotopic (exact) mass is 443 g/mol. The van der Waals surface area contributed by atoms with Crippen LogP contribution in [0, 0.1) is 24.6 Å². The Labute approximate surface area is 195 Å². The first kappa shape index (κ1) is 19.9. The van der Waals surface area contributed by atoms with Crippen molar-refractivity contribution >= 4 is 21.9 Å². The number of aromatic nitrogens is 5. The van der Waals surface area contributed by atoms with Crippen LogP contribution in [0.1, 0.15) is 17.0 Å². The van der Waals surface area contributed by atoms with Gasteiger partial charge in [-0.2, -0.15) is 0 Å². The van der Waals surface area contributed by atoms with Gasteiger partial charge in [0, 0.05) is 47.4 Å². The first-order valence-electron chi connectivity index (χ1n) is 10.8. The summed E-state index contributed by atoms with van der Waals surface area (Å²) in [5.41, 5.74) is 5.34. The van der Waals surface area contributed by atoms with Crippen molar-refractivity contribution in [3.8, 4) is 23.2 Å². The topological polar surface area (TPSA) is 48.5 Å². The molecule has 4 heterocycles. The van der Waals surface area contributed by atoms with Crippen molar-refractivity contribution in [2.75, 3.05) is 0 Å². The van der Waals surface area contributed by atoms with E-state index in [1.807, 2.05) is 72.4 Å². The smallest absolute Gasteiger partial charge is 0.149 e. The highest BCUT2D eigenvalue weighted by Gasteiger charge is 2.15. The molecule has 0 fully saturated rings. The zero-order valence-corrected chi connectivity index (χ0v) is 18.3. The van der Waals surface area contributed by atoms with Crippen molar-refractivity contribution in [2.24, 2.45) is 0 Å². The molecule has 0 radical (unpaired) electrons. The SMILES string of the molecule is Cc1nc2cnc3ccc(C#Cc4cccnc4)cc3c2n1-c1ccc(-n2cccc2)c(F)c1. The summed E-state index contributed by atoms with van der Waals surface area (Å²) in [6.07, 6.45) is 8.86. The molecule has 0 saturated carbocycles. The Kier molecular flexibility index (Phi) is 4.67. The second-order valence-electron chi connectivity index (χ2n) is 7.94. The minimum atomic E-state index is -0.309. The standard InChI is InChI=1S/C28H18FN5/c1-19-32-26-18-31-25-10-8-20(6-7-21-5-4-12-30-17-21)15-23(25)28(26)34(19)22-9-11-27(24(29)16-22)33-13-2-3-14-33/h2-5,8-18H,1H3. The van der Waals surface area contributed by atoms with Gasteiger partial charge in [-0.05, 0) is 61.5 Å². The fourth-order valence-corrected chi connectivity index (χ4v) is 4.19. The molecule has 0 amide bonds. The van der Waals surface area contributed by atoms with Crippen LogP contribution >= 0.6 is 0 Å². The summed E-state index contributed by atoms with van der Waals surface area (Å²) >= 11 is 0. The lowest BCUT2D eigenvalue weighted by molar-refractivity contribution is 0.617. The number of imidazole rings is 1. The third-order valence-electron chi connectivity index (χ3n) is 5.73. The van der Waals surface area contributed by atoms with Gasteiger partial charge in [0.25, 0.3) is 0 Å². The van der Waals surface area contributed by atoms with Gasteiger partial charge >= 0.3 is 0 Å². The number of fused-ring (bicyclic) bond motifs is 3. The van der Waals surface area contributed by atoms with E-state index in [1.54, 1.807) is 35.3 Å². The molecule has 0 aliphatic carbocycles. The second kappa shape index (κ2) is 7.98. The molecule has 34 heavy (non-hydrogen) atoms. The van der Waals surface area contributed by atoms with E-state index >= 15 is 4.39 Å². The number of benzene rings is 2. The van der Waals surface area contributed by atoms with Gasteiger partial charge in [0.15, 0.2) is 0 Å². The van der Waals surface area contributed by atoms with Gasteiger partial charge in [-0.1, -0.05) is 11.8 Å². The van der Waals surface area contributed by atoms with E-state index in [2.05, 4.69) is 21.8 Å². The summed E-state index contributed by atoms with van der Waals surface area (Å²) < 4.78 is 18.8. The molecule has 0 aliphatic rings. The molecule has 162 valence electrons. The molecule has 6 rings (SSSR count). The van der Waals surface area contributed by atoms with Crippen LogP contribution in [0.25, 0.3) is 33.3 Å². The number of hydrogen-bond acceptors (Lipinski definition) is 3. The van der Waals surface area contributed by atoms with E-state index in [0.717, 1.165) is 38.9 Å². The zero-order valence-electron chi connectivity index (χ0n) is 18.3. The number of rotatable bonds is 2. The van der Waals surface area contributed by atoms with Crippen molar-refractivity contribution in [2.45, 2.75) is 6.92 Å². The predicted molar refractivity (Wildman–Crippen MR) is 131 cm³/mol. The van der Waals surface area contributed by atoms with E-state index in [0.29, 0.717) is 11.4 Å². The van der Waals surface area contributed by atoms with E-state index in [1.165, 1.54) is 0 Å². The van der Waals surface area contributed by atoms with E-state index < -0.39 is 0 Å². The Balaban J connectivity index is 1.52. The average molecular weight is 443 g/mol. The first-order valence-corrected chi connectivity index (χ1v) is 10.8. The molecule has 4 aromatic heterocycles. The van der Waals surface area contributed by atoms with Gasteiger partial charge in [-0.25, -0.2) is 9.37 Å². The lowest BCUT2D eigenvalue weighted by atomic mass is 10.1. The quantitative estimate of drug-likeness (QED) is 0.327. The number of halogens is 1. The summed E-state index contributed by atoms with van der Waals surface area (Å²) in [6.45, 7) is 1.91. The molecular formula is C28H18FN5. The van der Waals surface area contributed by atoms with Crippen LogP contribution in [-0.2, 0) is 0 Å². The molecule has 5 nitrogen and oxygen atoms in total. The Morgan fingerprint density at radius 2 is 1.71 bits per heavy atom. The average Bonchev–Trinajstić information content (AvgIpc) is 3.51. The summed E-state index contributed by atoms with van der Waals surface area (Å²) in [4.78, 5) is 13.4. The Hall–Kier alpha value is -4.76. The van der Waals surface area contributed by atoms with Crippen LogP contribution in [0.4, 0.5) is 4.39 Å². The van der Waals surface area contributed by atoms with Gasteiger partial charge in [-0.15, -0.1) is 0 Å². The second-order valence-corrected chi connectivity index (χ2v) is 7.94. The Morgan fingerprint density at radius 1 is 0.853 bits per heavy atom. The van der Waals surface area contributed by atoms with Gasteiger partial charge in [0.2, 0.25) is 0 Å². The molecule has 2 aromatic carbocycles. The van der Waals surface area contributed by atoms with E-state index in [9.17, 15) is 0 Å². The maximum absolute atomic E-state index is 15.1. The Morgan fingerprint density at radius 3 is 2.50 bits per heavy atom. The summed E-state index contributed by atoms with van der Waals surface area (Å²) in [5, 5.41) is 0.908. The van der Waals surface area contributed by atoms with E-state index in [-0.39, 0.29) is 5.82 Å². The molecule has 0 atom stereocenters. The van der Waals surface area contributed by atoms with Crippen molar-refractivity contribution in [3.05, 3.63) is 114 Å². The van der Waals surface area contributed by atoms with Gasteiger partial charge in [-0.3, -0.25) is 14.5 Å². The minimum absolute atomic E-state index is 0.309. The number of hydrogen-bond donors (Lipinski definition) is 0. The van der Waals surface area contributed by atoms with Crippen molar-refractivity contribution < 1.29 is 4.39 Å². The molecule has 0 aliphatic heterocycles. The van der Waals surface area contributed by atoms with Crippen molar-refractivity contribution in [1.29, 1.82) is 0 Å². The molecule has 0 unspecified atom stereocenters. The van der Waals surface area contributed by atoms with Crippen LogP contribution < -0.4 is 0 Å². The van der Waals surface area contributed by atoms with Crippen LogP contribution in [0.3, 0.4) is 0 Å². The normalized spacial score (nSPS) is 11.0. The summed E-state index contributed by atoms with van der Waals surface area (Å²) in [7, 11) is 0. The number of aryl methyl sites for hydroxylation is 1. The highest BCUT2D eigenvalue weighted by Crippen LogP contribution is 2.29. The van der Waals surface area contributed by atoms with Gasteiger partial charge in [0.1, 0.15) is 17.2 Å². The molecule has 0 saturated heterocycles. The highest BCUT2D eigenvalue weighted by atomic mass is 19.1. The van der Waals surface area contributed by atoms with Crippen molar-refractivity contribution in [1.82, 2.24) is 24.1 Å². The van der Waals surface area contributed by atoms with Crippen LogP contribution in [-0.4, -0.2) is 24.1 Å². The molecule has 6 aromatic rings. The zero-order chi connectivity index (χ0) is 23.1. The number of nitrogens with zero attached hydrogens (tertiary/aromatic N) is 5. The third-order valence-corrected chi connectivity index (χ3v) is 5.73. The molecule has 6 heteroatoms. The Bertz CT molecular complexity index is 1720.